The van der Waals surface area contributed by atoms with Crippen molar-refractivity contribution in [2.45, 2.75) is 142 Å². The van der Waals surface area contributed by atoms with E-state index >= 15 is 0 Å². The van der Waals surface area contributed by atoms with Gasteiger partial charge in [0, 0.05) is 6.42 Å². The average Bonchev–Trinajstić information content (AvgIpc) is 3.22. The van der Waals surface area contributed by atoms with Crippen LogP contribution in [0.15, 0.2) is 122 Å². The van der Waals surface area contributed by atoms with Crippen LogP contribution < -0.4 is 0 Å². The molecule has 0 aliphatic rings. The molecule has 11 heteroatoms. The summed E-state index contributed by atoms with van der Waals surface area (Å²) in [6, 6.07) is 0. The summed E-state index contributed by atoms with van der Waals surface area (Å²) in [5.74, 6) is -1.10. The molecule has 10 nitrogen and oxygen atoms in total. The molecule has 1 unspecified atom stereocenters. The minimum absolute atomic E-state index is 0.0336. The average molecular weight is 843 g/mol. The van der Waals surface area contributed by atoms with E-state index in [0.717, 1.165) is 25.7 Å². The molecule has 0 aliphatic heterocycles. The van der Waals surface area contributed by atoms with Gasteiger partial charge in [-0.05, 0) is 44.9 Å². The van der Waals surface area contributed by atoms with Gasteiger partial charge in [0.1, 0.15) is 25.4 Å². The first-order valence-electron chi connectivity index (χ1n) is 21.6. The second-order valence-electron chi connectivity index (χ2n) is 14.0. The lowest BCUT2D eigenvalue weighted by atomic mass is 10.1. The number of carbonyl (C=O) groups is 2. The molecule has 0 rings (SSSR count). The van der Waals surface area contributed by atoms with Gasteiger partial charge in [-0.1, -0.05) is 193 Å². The van der Waals surface area contributed by atoms with Gasteiger partial charge in [0.25, 0.3) is 0 Å². The second kappa shape index (κ2) is 42.5. The number of carbonyl (C=O) groups excluding carboxylic acids is 2. The topological polar surface area (TPSA) is 149 Å². The lowest BCUT2D eigenvalue weighted by Gasteiger charge is -2.17. The Morgan fingerprint density at radius 2 is 0.797 bits per heavy atom. The van der Waals surface area contributed by atoms with E-state index in [0.29, 0.717) is 6.42 Å². The lowest BCUT2D eigenvalue weighted by molar-refractivity contribution is -0.147. The highest BCUT2D eigenvalue weighted by atomic mass is 31.2. The summed E-state index contributed by atoms with van der Waals surface area (Å²) < 4.78 is 31.5. The highest BCUT2D eigenvalue weighted by Gasteiger charge is 2.25. The van der Waals surface area contributed by atoms with E-state index in [9.17, 15) is 29.3 Å². The van der Waals surface area contributed by atoms with Crippen molar-refractivity contribution in [2.75, 3.05) is 26.4 Å². The summed E-state index contributed by atoms with van der Waals surface area (Å²) in [5, 5.41) is 20.0. The van der Waals surface area contributed by atoms with Crippen molar-refractivity contribution >= 4 is 19.8 Å². The summed E-state index contributed by atoms with van der Waals surface area (Å²) in [5.41, 5.74) is 0. The van der Waals surface area contributed by atoms with Gasteiger partial charge in [0.2, 0.25) is 0 Å². The first-order valence-corrected chi connectivity index (χ1v) is 23.1. The zero-order chi connectivity index (χ0) is 43.3. The van der Waals surface area contributed by atoms with Gasteiger partial charge < -0.3 is 24.6 Å². The predicted molar refractivity (Wildman–Crippen MR) is 242 cm³/mol. The fourth-order valence-corrected chi connectivity index (χ4v) is 5.78. The number of aliphatic hydroxyl groups is 2. The van der Waals surface area contributed by atoms with Gasteiger partial charge in [-0.2, -0.15) is 0 Å². The molecule has 0 saturated carbocycles. The molecule has 0 aromatic carbocycles. The number of hydrogen-bond donors (Lipinski definition) is 3. The van der Waals surface area contributed by atoms with Crippen LogP contribution >= 0.6 is 7.82 Å². The molecular weight excluding hydrogens is 767 g/mol. The molecule has 0 saturated heterocycles. The van der Waals surface area contributed by atoms with Gasteiger partial charge in [-0.15, -0.1) is 0 Å². The highest BCUT2D eigenvalue weighted by Crippen LogP contribution is 2.43. The Balaban J connectivity index is 3.97. The number of unbranched alkanes of at least 4 members (excludes halogenated alkanes) is 13. The normalized spacial score (nSPS) is 15.0. The maximum atomic E-state index is 12.1. The molecule has 3 N–H and O–H groups in total. The molecule has 0 aromatic heterocycles. The Morgan fingerprint density at radius 3 is 1.22 bits per heavy atom. The molecule has 0 spiro atoms. The summed E-state index contributed by atoms with van der Waals surface area (Å²) in [6.07, 6.45) is 55.0. The molecular formula is C48H75O10P. The standard InChI is InChI=1S/C48H75O10P/c1-3-5-7-9-11-13-15-17-19-21-22-24-26-28-30-32-34-36-38-40-48(52)56-42-46(50)44-58-59(53,54)57-43-45(49)41-55-47(51)39-37-35-33-31-29-27-25-23-20-18-16-14-12-10-8-6-4-2/h16-32,34,36,38,45-46,49-50H,3-15,33,35,37,39-44H2,1-2H3,(H,53,54)/b18-16+,19-17+,22-21+,23-20+,26-24+,27-25+,30-28+,31-29+,34-32+,38-36+/t45-,46-/m1/s1. The molecule has 59 heavy (non-hydrogen) atoms. The van der Waals surface area contributed by atoms with Crippen molar-refractivity contribution in [3.8, 4) is 0 Å². The predicted octanol–water partition coefficient (Wildman–Crippen LogP) is 11.6. The van der Waals surface area contributed by atoms with E-state index in [-0.39, 0.29) is 12.8 Å². The Bertz CT molecular complexity index is 1390. The Hall–Kier alpha value is -3.63. The molecule has 0 heterocycles. The van der Waals surface area contributed by atoms with Crippen LogP contribution in [0.25, 0.3) is 0 Å². The maximum absolute atomic E-state index is 12.1. The maximum Gasteiger partial charge on any atom is 0.472 e. The van der Waals surface area contributed by atoms with Crippen molar-refractivity contribution in [3.05, 3.63) is 122 Å². The van der Waals surface area contributed by atoms with Gasteiger partial charge in [0.15, 0.2) is 0 Å². The van der Waals surface area contributed by atoms with Crippen LogP contribution in [0.3, 0.4) is 0 Å². The summed E-state index contributed by atoms with van der Waals surface area (Å²) in [6.45, 7) is 2.28. The molecule has 3 atom stereocenters. The molecule has 0 amide bonds. The molecule has 0 aromatic rings. The smallest absolute Gasteiger partial charge is 0.463 e. The summed E-state index contributed by atoms with van der Waals surface area (Å²) >= 11 is 0. The number of phosphoric ester groups is 1. The number of ether oxygens (including phenoxy) is 2. The van der Waals surface area contributed by atoms with Crippen LogP contribution in [-0.2, 0) is 32.7 Å². The molecule has 0 bridgehead atoms. The van der Waals surface area contributed by atoms with E-state index in [1.807, 2.05) is 79.0 Å². The number of phosphoric acid groups is 1. The van der Waals surface area contributed by atoms with E-state index in [4.69, 9.17) is 18.5 Å². The van der Waals surface area contributed by atoms with Gasteiger partial charge in [0.05, 0.1) is 19.6 Å². The third-order valence-corrected chi connectivity index (χ3v) is 9.27. The molecule has 0 aliphatic carbocycles. The minimum Gasteiger partial charge on any atom is -0.463 e. The fourth-order valence-electron chi connectivity index (χ4n) is 4.98. The molecule has 332 valence electrons. The van der Waals surface area contributed by atoms with Crippen LogP contribution in [0.2, 0.25) is 0 Å². The zero-order valence-corrected chi connectivity index (χ0v) is 36.8. The van der Waals surface area contributed by atoms with E-state index in [1.165, 1.54) is 70.6 Å². The summed E-state index contributed by atoms with van der Waals surface area (Å²) in [7, 11) is -4.65. The van der Waals surface area contributed by atoms with Crippen molar-refractivity contribution in [3.63, 3.8) is 0 Å². The van der Waals surface area contributed by atoms with Crippen LogP contribution in [-0.4, -0.2) is 65.7 Å². The quantitative estimate of drug-likeness (QED) is 0.0237. The number of hydrogen-bond acceptors (Lipinski definition) is 9. The number of aliphatic hydroxyl groups excluding tert-OH is 2. The van der Waals surface area contributed by atoms with Crippen LogP contribution in [0.5, 0.6) is 0 Å². The minimum atomic E-state index is -4.65. The van der Waals surface area contributed by atoms with E-state index in [1.54, 1.807) is 18.2 Å². The molecule has 0 fully saturated rings. The number of esters is 2. The second-order valence-corrected chi connectivity index (χ2v) is 15.4. The van der Waals surface area contributed by atoms with Crippen molar-refractivity contribution in [2.24, 2.45) is 0 Å². The third-order valence-electron chi connectivity index (χ3n) is 8.32. The monoisotopic (exact) mass is 843 g/mol. The lowest BCUT2D eigenvalue weighted by Crippen LogP contribution is -2.25. The Kier molecular flexibility index (Phi) is 39.9. The SMILES string of the molecule is CCCCCCC/C=C/C=C/C=C/C=C/CCCCC(=O)OC[C@@H](O)COP(=O)(O)OC[C@H](O)COC(=O)C/C=C/C=C/C=C/C=C/C=C/C=C/CCCCCCCC. The van der Waals surface area contributed by atoms with E-state index in [2.05, 4.69) is 38.2 Å². The van der Waals surface area contributed by atoms with Crippen molar-refractivity contribution in [1.29, 1.82) is 0 Å². The largest absolute Gasteiger partial charge is 0.472 e. The Labute approximate surface area is 356 Å². The summed E-state index contributed by atoms with van der Waals surface area (Å²) in [4.78, 5) is 33.7. The zero-order valence-electron chi connectivity index (χ0n) is 35.9. The van der Waals surface area contributed by atoms with Gasteiger partial charge in [-0.3, -0.25) is 18.6 Å². The van der Waals surface area contributed by atoms with Gasteiger partial charge >= 0.3 is 19.8 Å². The first kappa shape index (κ1) is 55.4. The van der Waals surface area contributed by atoms with E-state index < -0.39 is 58.4 Å². The Morgan fingerprint density at radius 1 is 0.458 bits per heavy atom. The van der Waals surface area contributed by atoms with Crippen LogP contribution in [0, 0.1) is 0 Å². The third kappa shape index (κ3) is 43.8. The van der Waals surface area contributed by atoms with Crippen LogP contribution in [0.4, 0.5) is 0 Å². The molecule has 0 radical (unpaired) electrons. The number of rotatable bonds is 38. The number of allylic oxidation sites excluding steroid dienone is 19. The van der Waals surface area contributed by atoms with Crippen molar-refractivity contribution in [1.82, 2.24) is 0 Å². The fraction of sp³-hybridized carbons (Fsp3) is 0.542. The first-order chi connectivity index (χ1) is 28.7. The van der Waals surface area contributed by atoms with Crippen LogP contribution in [0.1, 0.15) is 129 Å². The highest BCUT2D eigenvalue weighted by molar-refractivity contribution is 7.47. The van der Waals surface area contributed by atoms with Gasteiger partial charge in [-0.25, -0.2) is 4.57 Å². The van der Waals surface area contributed by atoms with Crippen molar-refractivity contribution < 1.29 is 47.8 Å².